The summed E-state index contributed by atoms with van der Waals surface area (Å²) < 4.78 is 0. The molecule has 0 atom stereocenters. The van der Waals surface area contributed by atoms with Gasteiger partial charge in [0, 0.05) is 22.0 Å². The average Bonchev–Trinajstić information content (AvgIpc) is 2.74. The minimum Gasteiger partial charge on any atom is -0.481 e. The molecule has 0 fully saturated rings. The molecule has 0 amide bonds. The number of nitrogens with one attached hydrogen (secondary N) is 1. The molecule has 0 aliphatic heterocycles. The summed E-state index contributed by atoms with van der Waals surface area (Å²) >= 11 is 0. The van der Waals surface area contributed by atoms with Crippen molar-refractivity contribution < 1.29 is 9.90 Å². The zero-order valence-corrected chi connectivity index (χ0v) is 12.1. The summed E-state index contributed by atoms with van der Waals surface area (Å²) in [6, 6.07) is 6.36. The van der Waals surface area contributed by atoms with Gasteiger partial charge < -0.3 is 10.1 Å². The number of hydrogen-bond donors (Lipinski definition) is 2. The van der Waals surface area contributed by atoms with Crippen LogP contribution in [-0.4, -0.2) is 16.1 Å². The lowest BCUT2D eigenvalue weighted by atomic mass is 9.81. The standard InChI is InChI=1S/C17H21NO2/c1-17(2,10-16(19)20)11-7-8-15-13(9-11)12-5-3-4-6-14(12)18-15/h7-9,18H,3-6,10H2,1-2H3,(H,19,20). The number of carboxylic acids is 1. The molecule has 2 aromatic rings. The zero-order chi connectivity index (χ0) is 14.3. The van der Waals surface area contributed by atoms with E-state index in [0.29, 0.717) is 0 Å². The highest BCUT2D eigenvalue weighted by molar-refractivity contribution is 5.86. The summed E-state index contributed by atoms with van der Waals surface area (Å²) in [6.45, 7) is 4.00. The van der Waals surface area contributed by atoms with E-state index in [0.717, 1.165) is 18.4 Å². The fourth-order valence-electron chi connectivity index (χ4n) is 3.31. The largest absolute Gasteiger partial charge is 0.481 e. The molecule has 0 spiro atoms. The van der Waals surface area contributed by atoms with Crippen LogP contribution in [0.25, 0.3) is 10.9 Å². The number of fused-ring (bicyclic) bond motifs is 3. The lowest BCUT2D eigenvalue weighted by Crippen LogP contribution is -2.21. The fourth-order valence-corrected chi connectivity index (χ4v) is 3.31. The molecule has 1 heterocycles. The van der Waals surface area contributed by atoms with Gasteiger partial charge in [-0.15, -0.1) is 0 Å². The van der Waals surface area contributed by atoms with Crippen LogP contribution in [0.1, 0.15) is 49.9 Å². The van der Waals surface area contributed by atoms with Crippen LogP contribution >= 0.6 is 0 Å². The summed E-state index contributed by atoms with van der Waals surface area (Å²) in [5.74, 6) is -0.744. The molecule has 0 saturated carbocycles. The Morgan fingerprint density at radius 2 is 2.05 bits per heavy atom. The smallest absolute Gasteiger partial charge is 0.304 e. The predicted octanol–water partition coefficient (Wildman–Crippen LogP) is 3.80. The van der Waals surface area contributed by atoms with Crippen molar-refractivity contribution in [3.05, 3.63) is 35.0 Å². The minimum atomic E-state index is -0.744. The van der Waals surface area contributed by atoms with Crippen LogP contribution in [-0.2, 0) is 23.1 Å². The Bertz CT molecular complexity index is 667. The number of rotatable bonds is 3. The van der Waals surface area contributed by atoms with Crippen molar-refractivity contribution in [3.8, 4) is 0 Å². The van der Waals surface area contributed by atoms with E-state index in [4.69, 9.17) is 5.11 Å². The van der Waals surface area contributed by atoms with Gasteiger partial charge in [0.2, 0.25) is 0 Å². The van der Waals surface area contributed by atoms with Crippen molar-refractivity contribution in [2.75, 3.05) is 0 Å². The third-order valence-electron chi connectivity index (χ3n) is 4.47. The van der Waals surface area contributed by atoms with Gasteiger partial charge in [0.25, 0.3) is 0 Å². The topological polar surface area (TPSA) is 53.1 Å². The quantitative estimate of drug-likeness (QED) is 0.892. The van der Waals surface area contributed by atoms with Gasteiger partial charge in [-0.3, -0.25) is 4.79 Å². The first-order valence-corrected chi connectivity index (χ1v) is 7.33. The molecule has 1 aliphatic carbocycles. The van der Waals surface area contributed by atoms with Gasteiger partial charge >= 0.3 is 5.97 Å². The number of aryl methyl sites for hydroxylation is 2. The Kier molecular flexibility index (Phi) is 3.08. The second-order valence-electron chi connectivity index (χ2n) is 6.50. The van der Waals surface area contributed by atoms with Crippen molar-refractivity contribution in [3.63, 3.8) is 0 Å². The van der Waals surface area contributed by atoms with Crippen LogP contribution < -0.4 is 0 Å². The number of carbonyl (C=O) groups is 1. The van der Waals surface area contributed by atoms with E-state index >= 15 is 0 Å². The average molecular weight is 271 g/mol. The van der Waals surface area contributed by atoms with Gasteiger partial charge in [-0.25, -0.2) is 0 Å². The lowest BCUT2D eigenvalue weighted by molar-refractivity contribution is -0.138. The van der Waals surface area contributed by atoms with Crippen LogP contribution in [0.5, 0.6) is 0 Å². The second-order valence-corrected chi connectivity index (χ2v) is 6.50. The lowest BCUT2D eigenvalue weighted by Gasteiger charge is -2.23. The van der Waals surface area contributed by atoms with Gasteiger partial charge in [-0.1, -0.05) is 19.9 Å². The summed E-state index contributed by atoms with van der Waals surface area (Å²) in [5, 5.41) is 10.4. The van der Waals surface area contributed by atoms with E-state index in [1.807, 2.05) is 13.8 Å². The van der Waals surface area contributed by atoms with Gasteiger partial charge in [-0.05, 0) is 48.9 Å². The van der Waals surface area contributed by atoms with Gasteiger partial charge in [0.05, 0.1) is 6.42 Å². The van der Waals surface area contributed by atoms with E-state index < -0.39 is 5.97 Å². The number of H-pyrrole nitrogens is 1. The predicted molar refractivity (Wildman–Crippen MR) is 80.2 cm³/mol. The molecule has 0 saturated heterocycles. The Balaban J connectivity index is 2.08. The van der Waals surface area contributed by atoms with Crippen molar-refractivity contribution in [2.24, 2.45) is 0 Å². The number of aromatic amines is 1. The summed E-state index contributed by atoms with van der Waals surface area (Å²) in [6.07, 6.45) is 4.95. The Hall–Kier alpha value is -1.77. The van der Waals surface area contributed by atoms with Gasteiger partial charge in [-0.2, -0.15) is 0 Å². The van der Waals surface area contributed by atoms with Crippen LogP contribution in [0.15, 0.2) is 18.2 Å². The Morgan fingerprint density at radius 3 is 2.80 bits per heavy atom. The third-order valence-corrected chi connectivity index (χ3v) is 4.47. The van der Waals surface area contributed by atoms with Crippen molar-refractivity contribution in [1.29, 1.82) is 0 Å². The van der Waals surface area contributed by atoms with E-state index in [9.17, 15) is 4.79 Å². The van der Waals surface area contributed by atoms with E-state index in [1.54, 1.807) is 0 Å². The highest BCUT2D eigenvalue weighted by Crippen LogP contribution is 2.34. The number of hydrogen-bond acceptors (Lipinski definition) is 1. The normalized spacial score (nSPS) is 15.3. The number of benzene rings is 1. The fraction of sp³-hybridized carbons (Fsp3) is 0.471. The maximum atomic E-state index is 11.0. The Labute approximate surface area is 119 Å². The molecule has 0 radical (unpaired) electrons. The molecule has 2 N–H and O–H groups in total. The highest BCUT2D eigenvalue weighted by Gasteiger charge is 2.25. The second kappa shape index (κ2) is 4.65. The monoisotopic (exact) mass is 271 g/mol. The third kappa shape index (κ3) is 2.21. The Morgan fingerprint density at radius 1 is 1.30 bits per heavy atom. The van der Waals surface area contributed by atoms with Crippen LogP contribution in [0, 0.1) is 0 Å². The number of aliphatic carboxylic acids is 1. The first-order chi connectivity index (χ1) is 9.47. The zero-order valence-electron chi connectivity index (χ0n) is 12.1. The molecule has 1 aromatic carbocycles. The van der Waals surface area contributed by atoms with Gasteiger partial charge in [0.1, 0.15) is 0 Å². The SMILES string of the molecule is CC(C)(CC(=O)O)c1ccc2[nH]c3c(c2c1)CCCC3. The summed E-state index contributed by atoms with van der Waals surface area (Å²) in [4.78, 5) is 14.5. The molecule has 1 aromatic heterocycles. The van der Waals surface area contributed by atoms with E-state index in [-0.39, 0.29) is 11.8 Å². The van der Waals surface area contributed by atoms with Crippen LogP contribution in [0.3, 0.4) is 0 Å². The van der Waals surface area contributed by atoms with Crippen molar-refractivity contribution in [1.82, 2.24) is 4.98 Å². The summed E-state index contributed by atoms with van der Waals surface area (Å²) in [7, 11) is 0. The molecular weight excluding hydrogens is 250 g/mol. The molecule has 3 nitrogen and oxygen atoms in total. The number of aromatic nitrogens is 1. The van der Waals surface area contributed by atoms with Crippen molar-refractivity contribution in [2.45, 2.75) is 51.4 Å². The van der Waals surface area contributed by atoms with E-state index in [2.05, 4.69) is 23.2 Å². The highest BCUT2D eigenvalue weighted by atomic mass is 16.4. The molecule has 3 heteroatoms. The first kappa shape index (κ1) is 13.2. The van der Waals surface area contributed by atoms with E-state index in [1.165, 1.54) is 35.0 Å². The molecule has 3 rings (SSSR count). The first-order valence-electron chi connectivity index (χ1n) is 7.33. The van der Waals surface area contributed by atoms with Crippen molar-refractivity contribution >= 4 is 16.9 Å². The summed E-state index contributed by atoms with van der Waals surface area (Å²) in [5.41, 5.74) is 4.78. The molecule has 1 aliphatic rings. The van der Waals surface area contributed by atoms with Crippen LogP contribution in [0.4, 0.5) is 0 Å². The maximum Gasteiger partial charge on any atom is 0.304 e. The van der Waals surface area contributed by atoms with Crippen LogP contribution in [0.2, 0.25) is 0 Å². The molecule has 20 heavy (non-hydrogen) atoms. The van der Waals surface area contributed by atoms with Gasteiger partial charge in [0.15, 0.2) is 0 Å². The maximum absolute atomic E-state index is 11.0. The molecule has 0 bridgehead atoms. The minimum absolute atomic E-state index is 0.158. The molecule has 0 unspecified atom stereocenters. The molecular formula is C17H21NO2. The molecule has 106 valence electrons. The number of carboxylic acid groups (broad SMARTS) is 1.